The molecule has 1 aliphatic rings. The van der Waals surface area contributed by atoms with Gasteiger partial charge in [0.1, 0.15) is 5.75 Å². The molecule has 3 nitrogen and oxygen atoms in total. The van der Waals surface area contributed by atoms with Gasteiger partial charge in [0.15, 0.2) is 0 Å². The van der Waals surface area contributed by atoms with Crippen LogP contribution in [-0.2, 0) is 6.42 Å². The molecule has 3 atom stereocenters. The minimum Gasteiger partial charge on any atom is -0.490 e. The maximum atomic E-state index is 12.7. The molecule has 1 aromatic rings. The van der Waals surface area contributed by atoms with E-state index in [-0.39, 0.29) is 12.0 Å². The molecule has 0 saturated heterocycles. The van der Waals surface area contributed by atoms with Crippen molar-refractivity contribution >= 4 is 11.6 Å². The number of alkyl halides is 3. The van der Waals surface area contributed by atoms with E-state index in [2.05, 4.69) is 0 Å². The molecule has 0 spiro atoms. The molecule has 136 valence electrons. The Balaban J connectivity index is 1.98. The van der Waals surface area contributed by atoms with Gasteiger partial charge in [-0.1, -0.05) is 24.9 Å². The molecule has 1 saturated carbocycles. The fourth-order valence-electron chi connectivity index (χ4n) is 3.18. The molecule has 0 aromatic heterocycles. The van der Waals surface area contributed by atoms with Crippen LogP contribution >= 0.6 is 11.6 Å². The second kappa shape index (κ2) is 7.50. The SMILES string of the molecule is CCc1cc(OC2CCCC(CC(N)(O)C(F)(F)F)C2)ccc1Cl. The molecule has 3 unspecified atom stereocenters. The van der Waals surface area contributed by atoms with Crippen LogP contribution in [0.2, 0.25) is 5.02 Å². The second-order valence-corrected chi connectivity index (χ2v) is 6.91. The van der Waals surface area contributed by atoms with E-state index in [1.165, 1.54) is 0 Å². The molecule has 0 amide bonds. The van der Waals surface area contributed by atoms with Crippen LogP contribution in [0.1, 0.15) is 44.6 Å². The summed E-state index contributed by atoms with van der Waals surface area (Å²) in [5, 5.41) is 10.1. The van der Waals surface area contributed by atoms with Crippen molar-refractivity contribution < 1.29 is 23.0 Å². The summed E-state index contributed by atoms with van der Waals surface area (Å²) in [5.41, 5.74) is 2.88. The first kappa shape index (κ1) is 19.3. The van der Waals surface area contributed by atoms with Gasteiger partial charge in [-0.2, -0.15) is 13.2 Å². The normalized spacial score (nSPS) is 24.5. The summed E-state index contributed by atoms with van der Waals surface area (Å²) < 4.78 is 44.1. The summed E-state index contributed by atoms with van der Waals surface area (Å²) in [5.74, 6) is 0.346. The number of aliphatic hydroxyl groups is 1. The first-order valence-electron chi connectivity index (χ1n) is 8.15. The lowest BCUT2D eigenvalue weighted by Gasteiger charge is -2.34. The first-order chi connectivity index (χ1) is 11.1. The average Bonchev–Trinajstić information content (AvgIpc) is 2.48. The van der Waals surface area contributed by atoms with Gasteiger partial charge in [-0.25, -0.2) is 0 Å². The molecule has 3 N–H and O–H groups in total. The van der Waals surface area contributed by atoms with Gasteiger partial charge < -0.3 is 9.84 Å². The number of benzene rings is 1. The predicted octanol–water partition coefficient (Wildman–Crippen LogP) is 4.44. The molecule has 0 bridgehead atoms. The van der Waals surface area contributed by atoms with Crippen LogP contribution in [0.15, 0.2) is 18.2 Å². The summed E-state index contributed by atoms with van der Waals surface area (Å²) in [4.78, 5) is 0. The van der Waals surface area contributed by atoms with Crippen LogP contribution in [0.5, 0.6) is 5.75 Å². The average molecular weight is 366 g/mol. The van der Waals surface area contributed by atoms with Crippen LogP contribution in [0.4, 0.5) is 13.2 Å². The molecule has 1 aromatic carbocycles. The quantitative estimate of drug-likeness (QED) is 0.758. The van der Waals surface area contributed by atoms with E-state index in [0.29, 0.717) is 23.6 Å². The molecule has 0 aliphatic heterocycles. The molecule has 24 heavy (non-hydrogen) atoms. The maximum absolute atomic E-state index is 12.7. The summed E-state index contributed by atoms with van der Waals surface area (Å²) in [6.45, 7) is 1.99. The van der Waals surface area contributed by atoms with E-state index in [9.17, 15) is 18.3 Å². The number of aryl methyl sites for hydroxylation is 1. The molecule has 0 radical (unpaired) electrons. The molecule has 1 fully saturated rings. The van der Waals surface area contributed by atoms with Gasteiger partial charge in [0.25, 0.3) is 0 Å². The Morgan fingerprint density at radius 2 is 2.04 bits per heavy atom. The third kappa shape index (κ3) is 4.77. The van der Waals surface area contributed by atoms with Crippen molar-refractivity contribution in [1.82, 2.24) is 0 Å². The van der Waals surface area contributed by atoms with Gasteiger partial charge in [-0.05, 0) is 55.4 Å². The highest BCUT2D eigenvalue weighted by atomic mass is 35.5. The van der Waals surface area contributed by atoms with Crippen molar-refractivity contribution in [3.8, 4) is 5.75 Å². The van der Waals surface area contributed by atoms with Crippen molar-refractivity contribution in [3.63, 3.8) is 0 Å². The number of halogens is 4. The van der Waals surface area contributed by atoms with Crippen molar-refractivity contribution in [1.29, 1.82) is 0 Å². The Bertz CT molecular complexity index is 563. The largest absolute Gasteiger partial charge is 0.490 e. The predicted molar refractivity (Wildman–Crippen MR) is 87.0 cm³/mol. The number of nitrogens with two attached hydrogens (primary N) is 1. The third-order valence-corrected chi connectivity index (χ3v) is 4.90. The van der Waals surface area contributed by atoms with E-state index in [1.54, 1.807) is 12.1 Å². The van der Waals surface area contributed by atoms with E-state index in [0.717, 1.165) is 24.8 Å². The molecular weight excluding hydrogens is 343 g/mol. The minimum absolute atomic E-state index is 0.182. The molecule has 7 heteroatoms. The Morgan fingerprint density at radius 1 is 1.33 bits per heavy atom. The summed E-state index contributed by atoms with van der Waals surface area (Å²) >= 11 is 6.07. The zero-order chi connectivity index (χ0) is 18.0. The molecule has 1 aliphatic carbocycles. The smallest absolute Gasteiger partial charge is 0.430 e. The van der Waals surface area contributed by atoms with E-state index >= 15 is 0 Å². The lowest BCUT2D eigenvalue weighted by molar-refractivity contribution is -0.265. The Labute approximate surface area is 144 Å². The highest BCUT2D eigenvalue weighted by molar-refractivity contribution is 6.31. The zero-order valence-electron chi connectivity index (χ0n) is 13.6. The van der Waals surface area contributed by atoms with E-state index < -0.39 is 18.3 Å². The molecule has 2 rings (SSSR count). The zero-order valence-corrected chi connectivity index (χ0v) is 14.3. The highest BCUT2D eigenvalue weighted by Gasteiger charge is 2.52. The summed E-state index contributed by atoms with van der Waals surface area (Å²) in [6, 6.07) is 5.39. The number of ether oxygens (including phenoxy) is 1. The fourth-order valence-corrected chi connectivity index (χ4v) is 3.43. The van der Waals surface area contributed by atoms with Crippen molar-refractivity contribution in [2.45, 2.75) is 63.5 Å². The first-order valence-corrected chi connectivity index (χ1v) is 8.53. The number of hydrogen-bond donors (Lipinski definition) is 2. The number of rotatable bonds is 5. The van der Waals surface area contributed by atoms with Gasteiger partial charge in [0.2, 0.25) is 5.72 Å². The van der Waals surface area contributed by atoms with Gasteiger partial charge in [0.05, 0.1) is 6.10 Å². The third-order valence-electron chi connectivity index (χ3n) is 4.53. The van der Waals surface area contributed by atoms with Gasteiger partial charge in [-0.3, -0.25) is 5.73 Å². The highest BCUT2D eigenvalue weighted by Crippen LogP contribution is 2.37. The van der Waals surface area contributed by atoms with Crippen LogP contribution in [0.25, 0.3) is 0 Å². The second-order valence-electron chi connectivity index (χ2n) is 6.51. The van der Waals surface area contributed by atoms with E-state index in [1.807, 2.05) is 13.0 Å². The minimum atomic E-state index is -4.83. The maximum Gasteiger partial charge on any atom is 0.430 e. The monoisotopic (exact) mass is 365 g/mol. The van der Waals surface area contributed by atoms with Crippen LogP contribution in [0.3, 0.4) is 0 Å². The van der Waals surface area contributed by atoms with Gasteiger partial charge in [0, 0.05) is 11.4 Å². The fraction of sp³-hybridized carbons (Fsp3) is 0.647. The van der Waals surface area contributed by atoms with Crippen molar-refractivity contribution in [2.75, 3.05) is 0 Å². The summed E-state index contributed by atoms with van der Waals surface area (Å²) in [6.07, 6.45) is -2.17. The standard InChI is InChI=1S/C17H23ClF3NO2/c1-2-12-9-14(6-7-15(12)18)24-13-5-3-4-11(8-13)10-16(22,23)17(19,20)21/h6-7,9,11,13,23H,2-5,8,10,22H2,1H3. The Morgan fingerprint density at radius 3 is 2.67 bits per heavy atom. The van der Waals surface area contributed by atoms with Crippen LogP contribution in [0, 0.1) is 5.92 Å². The van der Waals surface area contributed by atoms with Gasteiger partial charge in [-0.15, -0.1) is 0 Å². The molecular formula is C17H23ClF3NO2. The Kier molecular flexibility index (Phi) is 6.04. The van der Waals surface area contributed by atoms with Crippen molar-refractivity contribution in [3.05, 3.63) is 28.8 Å². The van der Waals surface area contributed by atoms with Crippen molar-refractivity contribution in [2.24, 2.45) is 11.7 Å². The summed E-state index contributed by atoms with van der Waals surface area (Å²) in [7, 11) is 0. The lowest BCUT2D eigenvalue weighted by Crippen LogP contribution is -2.54. The van der Waals surface area contributed by atoms with Gasteiger partial charge >= 0.3 is 6.18 Å². The van der Waals surface area contributed by atoms with Crippen LogP contribution < -0.4 is 10.5 Å². The topological polar surface area (TPSA) is 55.5 Å². The van der Waals surface area contributed by atoms with Crippen LogP contribution in [-0.4, -0.2) is 23.1 Å². The lowest BCUT2D eigenvalue weighted by atomic mass is 9.82. The Hall–Kier alpha value is -0.980. The molecule has 0 heterocycles. The van der Waals surface area contributed by atoms with E-state index in [4.69, 9.17) is 22.1 Å². The number of hydrogen-bond acceptors (Lipinski definition) is 3.